The fourth-order valence-electron chi connectivity index (χ4n) is 3.97. The van der Waals surface area contributed by atoms with E-state index in [0.717, 1.165) is 24.1 Å². The quantitative estimate of drug-likeness (QED) is 0.731. The van der Waals surface area contributed by atoms with Crippen molar-refractivity contribution in [1.82, 2.24) is 5.32 Å². The van der Waals surface area contributed by atoms with E-state index < -0.39 is 0 Å². The van der Waals surface area contributed by atoms with Gasteiger partial charge in [-0.25, -0.2) is 0 Å². The Morgan fingerprint density at radius 3 is 2.67 bits per heavy atom. The van der Waals surface area contributed by atoms with E-state index >= 15 is 0 Å². The summed E-state index contributed by atoms with van der Waals surface area (Å²) in [4.78, 5) is 13.7. The van der Waals surface area contributed by atoms with E-state index in [0.29, 0.717) is 29.7 Å². The number of rotatable bonds is 6. The second-order valence-corrected chi connectivity index (χ2v) is 9.05. The van der Waals surface area contributed by atoms with Gasteiger partial charge in [-0.15, -0.1) is 11.8 Å². The van der Waals surface area contributed by atoms with E-state index in [2.05, 4.69) is 49.6 Å². The van der Waals surface area contributed by atoms with Crippen molar-refractivity contribution in [1.29, 1.82) is 0 Å². The molecule has 2 aliphatic rings. The minimum atomic E-state index is 0.173. The van der Waals surface area contributed by atoms with Gasteiger partial charge in [-0.2, -0.15) is 0 Å². The molecule has 3 nitrogen and oxygen atoms in total. The van der Waals surface area contributed by atoms with Crippen molar-refractivity contribution in [3.8, 4) is 0 Å². The van der Waals surface area contributed by atoms with Crippen LogP contribution in [0.1, 0.15) is 57.9 Å². The van der Waals surface area contributed by atoms with Crippen LogP contribution in [0.5, 0.6) is 0 Å². The highest BCUT2D eigenvalue weighted by Crippen LogP contribution is 2.33. The lowest BCUT2D eigenvalue weighted by molar-refractivity contribution is -0.117. The summed E-state index contributed by atoms with van der Waals surface area (Å²) < 4.78 is 0. The van der Waals surface area contributed by atoms with Crippen molar-refractivity contribution in [3.63, 3.8) is 0 Å². The van der Waals surface area contributed by atoms with Crippen LogP contribution in [0.2, 0.25) is 0 Å². The van der Waals surface area contributed by atoms with Crippen LogP contribution < -0.4 is 10.6 Å². The first-order valence-electron chi connectivity index (χ1n) is 9.36. The molecule has 3 atom stereocenters. The topological polar surface area (TPSA) is 41.1 Å². The van der Waals surface area contributed by atoms with Crippen LogP contribution in [-0.2, 0) is 4.79 Å². The molecule has 0 aromatic heterocycles. The molecule has 1 amide bonds. The SMILES string of the molecule is CCC(C)Sc1ccc(NC(=O)CC2CC3CCC(C2)N3)c(C)c1. The van der Waals surface area contributed by atoms with Crippen molar-refractivity contribution in [2.45, 2.75) is 81.5 Å². The van der Waals surface area contributed by atoms with Gasteiger partial charge in [-0.1, -0.05) is 13.8 Å². The number of nitrogens with one attached hydrogen (secondary N) is 2. The second-order valence-electron chi connectivity index (χ2n) is 7.54. The Labute approximate surface area is 150 Å². The molecule has 2 fully saturated rings. The number of amides is 1. The van der Waals surface area contributed by atoms with Gasteiger partial charge < -0.3 is 10.6 Å². The molecule has 24 heavy (non-hydrogen) atoms. The molecule has 132 valence electrons. The number of carbonyl (C=O) groups excluding carboxylic acids is 1. The van der Waals surface area contributed by atoms with Gasteiger partial charge in [0, 0.05) is 34.3 Å². The molecular formula is C20H30N2OS. The van der Waals surface area contributed by atoms with Gasteiger partial charge >= 0.3 is 0 Å². The first-order chi connectivity index (χ1) is 11.5. The Morgan fingerprint density at radius 2 is 2.04 bits per heavy atom. The summed E-state index contributed by atoms with van der Waals surface area (Å²) >= 11 is 1.90. The molecule has 3 rings (SSSR count). The molecular weight excluding hydrogens is 316 g/mol. The van der Waals surface area contributed by atoms with Crippen LogP contribution >= 0.6 is 11.8 Å². The Kier molecular flexibility index (Phi) is 5.88. The molecule has 0 saturated carbocycles. The molecule has 2 heterocycles. The summed E-state index contributed by atoms with van der Waals surface area (Å²) in [6.45, 7) is 6.55. The number of benzene rings is 1. The summed E-state index contributed by atoms with van der Waals surface area (Å²) in [5, 5.41) is 7.40. The number of thioether (sulfide) groups is 1. The Balaban J connectivity index is 1.54. The monoisotopic (exact) mass is 346 g/mol. The minimum absolute atomic E-state index is 0.173. The van der Waals surface area contributed by atoms with Gasteiger partial charge in [0.05, 0.1) is 0 Å². The van der Waals surface area contributed by atoms with E-state index in [9.17, 15) is 4.79 Å². The van der Waals surface area contributed by atoms with Gasteiger partial charge in [0.25, 0.3) is 0 Å². The minimum Gasteiger partial charge on any atom is -0.326 e. The van der Waals surface area contributed by atoms with Crippen LogP contribution in [-0.4, -0.2) is 23.2 Å². The molecule has 0 radical (unpaired) electrons. The highest BCUT2D eigenvalue weighted by molar-refractivity contribution is 7.99. The number of carbonyl (C=O) groups is 1. The van der Waals surface area contributed by atoms with Gasteiger partial charge in [-0.3, -0.25) is 4.79 Å². The summed E-state index contributed by atoms with van der Waals surface area (Å²) in [5.41, 5.74) is 2.12. The molecule has 1 aromatic rings. The third-order valence-corrected chi connectivity index (χ3v) is 6.69. The normalized spacial score (nSPS) is 27.0. The lowest BCUT2D eigenvalue weighted by Gasteiger charge is -2.28. The van der Waals surface area contributed by atoms with Crippen LogP contribution in [0.25, 0.3) is 0 Å². The second kappa shape index (κ2) is 7.92. The van der Waals surface area contributed by atoms with Crippen molar-refractivity contribution >= 4 is 23.4 Å². The molecule has 2 N–H and O–H groups in total. The fraction of sp³-hybridized carbons (Fsp3) is 0.650. The molecule has 4 heteroatoms. The van der Waals surface area contributed by atoms with E-state index in [4.69, 9.17) is 0 Å². The average molecular weight is 347 g/mol. The Bertz CT molecular complexity index is 577. The van der Waals surface area contributed by atoms with Crippen molar-refractivity contribution < 1.29 is 4.79 Å². The predicted octanol–water partition coefficient (Wildman–Crippen LogP) is 4.74. The van der Waals surface area contributed by atoms with Crippen LogP contribution in [0, 0.1) is 12.8 Å². The van der Waals surface area contributed by atoms with Crippen LogP contribution in [0.3, 0.4) is 0 Å². The Hall–Kier alpha value is -1.00. The standard InChI is InChI=1S/C20H30N2OS/c1-4-14(3)24-18-7-8-19(13(2)9-18)22-20(23)12-15-10-16-5-6-17(11-15)21-16/h7-9,14-17,21H,4-6,10-12H2,1-3H3,(H,22,23). The molecule has 2 bridgehead atoms. The van der Waals surface area contributed by atoms with Gasteiger partial charge in [-0.05, 0) is 68.7 Å². The maximum Gasteiger partial charge on any atom is 0.224 e. The molecule has 3 unspecified atom stereocenters. The molecule has 0 spiro atoms. The smallest absolute Gasteiger partial charge is 0.224 e. The number of hydrogen-bond donors (Lipinski definition) is 2. The average Bonchev–Trinajstić information content (AvgIpc) is 2.88. The first kappa shape index (κ1) is 17.8. The largest absolute Gasteiger partial charge is 0.326 e. The third-order valence-electron chi connectivity index (χ3n) is 5.43. The third kappa shape index (κ3) is 4.54. The molecule has 0 aliphatic carbocycles. The van der Waals surface area contributed by atoms with Crippen molar-refractivity contribution in [2.75, 3.05) is 5.32 Å². The fourth-order valence-corrected chi connectivity index (χ4v) is 4.99. The number of aryl methyl sites for hydroxylation is 1. The molecule has 2 saturated heterocycles. The van der Waals surface area contributed by atoms with Crippen molar-refractivity contribution in [2.24, 2.45) is 5.92 Å². The van der Waals surface area contributed by atoms with E-state index in [-0.39, 0.29) is 5.91 Å². The van der Waals surface area contributed by atoms with Crippen LogP contribution in [0.15, 0.2) is 23.1 Å². The zero-order chi connectivity index (χ0) is 17.1. The van der Waals surface area contributed by atoms with Gasteiger partial charge in [0.15, 0.2) is 0 Å². The number of hydrogen-bond acceptors (Lipinski definition) is 3. The molecule has 2 aliphatic heterocycles. The Morgan fingerprint density at radius 1 is 1.33 bits per heavy atom. The number of anilines is 1. The highest BCUT2D eigenvalue weighted by atomic mass is 32.2. The zero-order valence-corrected chi connectivity index (χ0v) is 15.9. The summed E-state index contributed by atoms with van der Waals surface area (Å²) in [6, 6.07) is 7.69. The lowest BCUT2D eigenvalue weighted by atomic mass is 9.89. The van der Waals surface area contributed by atoms with E-state index in [1.165, 1.54) is 24.2 Å². The summed E-state index contributed by atoms with van der Waals surface area (Å²) in [5.74, 6) is 0.719. The predicted molar refractivity (Wildman–Crippen MR) is 103 cm³/mol. The summed E-state index contributed by atoms with van der Waals surface area (Å²) in [7, 11) is 0. The van der Waals surface area contributed by atoms with Gasteiger partial charge in [0.2, 0.25) is 5.91 Å². The van der Waals surface area contributed by atoms with E-state index in [1.54, 1.807) is 0 Å². The lowest BCUT2D eigenvalue weighted by Crippen LogP contribution is -2.39. The molecule has 1 aromatic carbocycles. The first-order valence-corrected chi connectivity index (χ1v) is 10.2. The highest BCUT2D eigenvalue weighted by Gasteiger charge is 2.34. The number of piperidine rings is 1. The van der Waals surface area contributed by atoms with Gasteiger partial charge in [0.1, 0.15) is 0 Å². The zero-order valence-electron chi connectivity index (χ0n) is 15.1. The van der Waals surface area contributed by atoms with Crippen LogP contribution in [0.4, 0.5) is 5.69 Å². The summed E-state index contributed by atoms with van der Waals surface area (Å²) in [6.07, 6.45) is 6.73. The van der Waals surface area contributed by atoms with Crippen molar-refractivity contribution in [3.05, 3.63) is 23.8 Å². The number of fused-ring (bicyclic) bond motifs is 2. The van der Waals surface area contributed by atoms with E-state index in [1.807, 2.05) is 11.8 Å². The maximum absolute atomic E-state index is 12.4. The maximum atomic E-state index is 12.4.